The summed E-state index contributed by atoms with van der Waals surface area (Å²) in [7, 11) is 1.63. The van der Waals surface area contributed by atoms with Gasteiger partial charge in [-0.15, -0.1) is 0 Å². The lowest BCUT2D eigenvalue weighted by atomic mass is 9.98. The Kier molecular flexibility index (Phi) is 7.09. The van der Waals surface area contributed by atoms with Crippen molar-refractivity contribution in [3.63, 3.8) is 0 Å². The summed E-state index contributed by atoms with van der Waals surface area (Å²) in [6.45, 7) is 3.08. The summed E-state index contributed by atoms with van der Waals surface area (Å²) in [5.74, 6) is 1.18. The molecule has 0 saturated heterocycles. The molecule has 1 amide bonds. The first-order chi connectivity index (χ1) is 18.1. The molecule has 0 aliphatic carbocycles. The van der Waals surface area contributed by atoms with Crippen LogP contribution >= 0.6 is 0 Å². The summed E-state index contributed by atoms with van der Waals surface area (Å²) in [6.07, 6.45) is 0.619. The van der Waals surface area contributed by atoms with Gasteiger partial charge in [-0.1, -0.05) is 61.5 Å². The predicted molar refractivity (Wildman–Crippen MR) is 143 cm³/mol. The van der Waals surface area contributed by atoms with Crippen LogP contribution < -0.4 is 10.3 Å². The summed E-state index contributed by atoms with van der Waals surface area (Å²) < 4.78 is 5.31. The molecule has 37 heavy (non-hydrogen) atoms. The van der Waals surface area contributed by atoms with Gasteiger partial charge in [0.25, 0.3) is 11.5 Å². The van der Waals surface area contributed by atoms with Gasteiger partial charge in [0.05, 0.1) is 42.9 Å². The maximum Gasteiger partial charge on any atom is 0.258 e. The highest BCUT2D eigenvalue weighted by atomic mass is 16.5. The maximum absolute atomic E-state index is 13.6. The minimum absolute atomic E-state index is 0.114. The van der Waals surface area contributed by atoms with Crippen LogP contribution in [0.25, 0.3) is 10.9 Å². The summed E-state index contributed by atoms with van der Waals surface area (Å²) in [6, 6.07) is 24.7. The fourth-order valence-electron chi connectivity index (χ4n) is 4.60. The molecule has 0 unspecified atom stereocenters. The van der Waals surface area contributed by atoms with Crippen molar-refractivity contribution in [2.24, 2.45) is 5.10 Å². The van der Waals surface area contributed by atoms with Gasteiger partial charge in [0.2, 0.25) is 0 Å². The van der Waals surface area contributed by atoms with E-state index in [1.807, 2.05) is 84.6 Å². The molecule has 5 rings (SSSR count). The van der Waals surface area contributed by atoms with Gasteiger partial charge < -0.3 is 9.72 Å². The molecular weight excluding hydrogens is 466 g/mol. The molecule has 4 aromatic rings. The molecule has 1 aliphatic heterocycles. The first-order valence-corrected chi connectivity index (χ1v) is 12.3. The van der Waals surface area contributed by atoms with Crippen LogP contribution in [-0.4, -0.2) is 51.7 Å². The summed E-state index contributed by atoms with van der Waals surface area (Å²) in [5, 5.41) is 6.93. The zero-order valence-electron chi connectivity index (χ0n) is 20.9. The second kappa shape index (κ2) is 10.8. The van der Waals surface area contributed by atoms with Gasteiger partial charge >= 0.3 is 0 Å². The number of aromatic nitrogens is 2. The number of hydrazone groups is 1. The number of hydrogen-bond donors (Lipinski definition) is 1. The van der Waals surface area contributed by atoms with Crippen molar-refractivity contribution < 1.29 is 9.53 Å². The molecule has 1 atom stereocenters. The van der Waals surface area contributed by atoms with Crippen molar-refractivity contribution in [1.82, 2.24) is 19.9 Å². The van der Waals surface area contributed by atoms with Gasteiger partial charge in [0, 0.05) is 6.42 Å². The average Bonchev–Trinajstić information content (AvgIpc) is 3.39. The highest BCUT2D eigenvalue weighted by Crippen LogP contribution is 2.33. The SMILES string of the molecule is CCN(CC(=O)N1N=C(c2ccccc2)C[C@@H]1c1ccc(OC)cc1)Cc1nc2ccccc2c(=O)[nH]1. The number of nitrogens with one attached hydrogen (secondary N) is 1. The molecule has 1 N–H and O–H groups in total. The number of hydrogen-bond acceptors (Lipinski definition) is 6. The topological polar surface area (TPSA) is 90.9 Å². The molecule has 8 nitrogen and oxygen atoms in total. The van der Waals surface area contributed by atoms with Crippen LogP contribution in [0.5, 0.6) is 5.75 Å². The number of H-pyrrole nitrogens is 1. The highest BCUT2D eigenvalue weighted by molar-refractivity contribution is 6.03. The number of aromatic amines is 1. The third-order valence-electron chi connectivity index (χ3n) is 6.61. The number of nitrogens with zero attached hydrogens (tertiary/aromatic N) is 4. The Labute approximate surface area is 215 Å². The fourth-order valence-corrected chi connectivity index (χ4v) is 4.60. The van der Waals surface area contributed by atoms with E-state index < -0.39 is 0 Å². The minimum Gasteiger partial charge on any atom is -0.497 e. The first kappa shape index (κ1) is 24.4. The monoisotopic (exact) mass is 495 g/mol. The van der Waals surface area contributed by atoms with Crippen molar-refractivity contribution in [2.75, 3.05) is 20.2 Å². The first-order valence-electron chi connectivity index (χ1n) is 12.3. The standard InChI is InChI=1S/C29H29N5O3/c1-3-33(18-27-30-24-12-8-7-11-23(24)29(36)31-27)19-28(35)34-26(21-13-15-22(37-2)16-14-21)17-25(32-34)20-9-5-4-6-10-20/h4-16,26H,3,17-19H2,1-2H3,(H,30,31,36)/t26-/m1/s1. The number of carbonyl (C=O) groups excluding carboxylic acids is 1. The molecule has 0 saturated carbocycles. The number of carbonyl (C=O) groups is 1. The molecule has 2 heterocycles. The molecule has 0 spiro atoms. The number of para-hydroxylation sites is 1. The molecule has 1 aliphatic rings. The number of benzene rings is 3. The van der Waals surface area contributed by atoms with Crippen LogP contribution in [-0.2, 0) is 11.3 Å². The van der Waals surface area contributed by atoms with Gasteiger partial charge in [-0.2, -0.15) is 5.10 Å². The lowest BCUT2D eigenvalue weighted by Gasteiger charge is -2.26. The molecule has 0 bridgehead atoms. The smallest absolute Gasteiger partial charge is 0.258 e. The largest absolute Gasteiger partial charge is 0.497 e. The van der Waals surface area contributed by atoms with E-state index in [2.05, 4.69) is 9.97 Å². The van der Waals surface area contributed by atoms with Crippen LogP contribution in [0.2, 0.25) is 0 Å². The summed E-state index contributed by atoms with van der Waals surface area (Å²) >= 11 is 0. The lowest BCUT2D eigenvalue weighted by molar-refractivity contribution is -0.134. The third-order valence-corrected chi connectivity index (χ3v) is 6.61. The molecule has 8 heteroatoms. The fraction of sp³-hybridized carbons (Fsp3) is 0.241. The Hall–Kier alpha value is -4.30. The molecule has 0 radical (unpaired) electrons. The van der Waals surface area contributed by atoms with E-state index in [9.17, 15) is 9.59 Å². The van der Waals surface area contributed by atoms with E-state index in [0.29, 0.717) is 36.2 Å². The minimum atomic E-state index is -0.217. The molecule has 3 aromatic carbocycles. The molecule has 0 fully saturated rings. The van der Waals surface area contributed by atoms with E-state index in [1.54, 1.807) is 18.2 Å². The van der Waals surface area contributed by atoms with Crippen molar-refractivity contribution in [2.45, 2.75) is 25.9 Å². The third kappa shape index (κ3) is 5.29. The van der Waals surface area contributed by atoms with Crippen LogP contribution in [0.4, 0.5) is 0 Å². The molecular formula is C29H29N5O3. The number of methoxy groups -OCH3 is 1. The van der Waals surface area contributed by atoms with Crippen LogP contribution in [0, 0.1) is 0 Å². The molecule has 188 valence electrons. The number of ether oxygens (including phenoxy) is 1. The van der Waals surface area contributed by atoms with Gasteiger partial charge in [-0.05, 0) is 41.9 Å². The Morgan fingerprint density at radius 3 is 2.51 bits per heavy atom. The Morgan fingerprint density at radius 2 is 1.78 bits per heavy atom. The highest BCUT2D eigenvalue weighted by Gasteiger charge is 2.33. The van der Waals surface area contributed by atoms with E-state index in [-0.39, 0.29) is 24.1 Å². The van der Waals surface area contributed by atoms with Gasteiger partial charge in [-0.3, -0.25) is 14.5 Å². The van der Waals surface area contributed by atoms with E-state index in [1.165, 1.54) is 0 Å². The van der Waals surface area contributed by atoms with E-state index in [0.717, 1.165) is 22.6 Å². The van der Waals surface area contributed by atoms with Crippen molar-refractivity contribution in [1.29, 1.82) is 0 Å². The van der Waals surface area contributed by atoms with Gasteiger partial charge in [-0.25, -0.2) is 9.99 Å². The lowest BCUT2D eigenvalue weighted by Crippen LogP contribution is -2.38. The Balaban J connectivity index is 1.39. The maximum atomic E-state index is 13.6. The van der Waals surface area contributed by atoms with Crippen LogP contribution in [0.15, 0.2) is 88.8 Å². The molecule has 1 aromatic heterocycles. The van der Waals surface area contributed by atoms with Gasteiger partial charge in [0.15, 0.2) is 0 Å². The average molecular weight is 496 g/mol. The number of amides is 1. The number of fused-ring (bicyclic) bond motifs is 1. The van der Waals surface area contributed by atoms with E-state index >= 15 is 0 Å². The van der Waals surface area contributed by atoms with Crippen molar-refractivity contribution in [3.8, 4) is 5.75 Å². The second-order valence-corrected chi connectivity index (χ2v) is 8.98. The number of likely N-dealkylation sites (N-methyl/N-ethyl adjacent to an activating group) is 1. The summed E-state index contributed by atoms with van der Waals surface area (Å²) in [4.78, 5) is 35.5. The van der Waals surface area contributed by atoms with Crippen molar-refractivity contribution in [3.05, 3.63) is 106 Å². The predicted octanol–water partition coefficient (Wildman–Crippen LogP) is 4.13. The van der Waals surface area contributed by atoms with E-state index in [4.69, 9.17) is 9.84 Å². The normalized spacial score (nSPS) is 15.3. The second-order valence-electron chi connectivity index (χ2n) is 8.98. The summed E-state index contributed by atoms with van der Waals surface area (Å²) in [5.41, 5.74) is 3.33. The number of rotatable bonds is 8. The Morgan fingerprint density at radius 1 is 1.05 bits per heavy atom. The quantitative estimate of drug-likeness (QED) is 0.397. The van der Waals surface area contributed by atoms with Crippen LogP contribution in [0.3, 0.4) is 0 Å². The zero-order valence-corrected chi connectivity index (χ0v) is 20.9. The van der Waals surface area contributed by atoms with Crippen LogP contribution in [0.1, 0.15) is 36.3 Å². The van der Waals surface area contributed by atoms with Gasteiger partial charge in [0.1, 0.15) is 11.6 Å². The zero-order chi connectivity index (χ0) is 25.8. The Bertz CT molecular complexity index is 1480. The van der Waals surface area contributed by atoms with Crippen molar-refractivity contribution >= 4 is 22.5 Å².